The Hall–Kier alpha value is -2.44. The molecule has 0 saturated carbocycles. The smallest absolute Gasteiger partial charge is 0.387 e. The molecule has 1 saturated heterocycles. The van der Waals surface area contributed by atoms with Crippen molar-refractivity contribution in [2.45, 2.75) is 37.6 Å². The maximum atomic E-state index is 12.9. The molecular formula is C22H21F3N2O. The average Bonchev–Trinajstić information content (AvgIpc) is 2.72. The lowest BCUT2D eigenvalue weighted by atomic mass is 9.92. The summed E-state index contributed by atoms with van der Waals surface area (Å²) in [4.78, 5) is 4.61. The van der Waals surface area contributed by atoms with Crippen LogP contribution in [0, 0.1) is 0 Å². The van der Waals surface area contributed by atoms with Gasteiger partial charge in [0.15, 0.2) is 0 Å². The van der Waals surface area contributed by atoms with E-state index in [-0.39, 0.29) is 6.04 Å². The summed E-state index contributed by atoms with van der Waals surface area (Å²) >= 11 is 0. The number of halogens is 3. The van der Waals surface area contributed by atoms with Gasteiger partial charge in [-0.3, -0.25) is 0 Å². The Kier molecular flexibility index (Phi) is 5.08. The number of fused-ring (bicyclic) bond motifs is 1. The largest absolute Gasteiger partial charge is 0.416 e. The summed E-state index contributed by atoms with van der Waals surface area (Å²) in [7, 11) is 0. The minimum absolute atomic E-state index is 0.0417. The summed E-state index contributed by atoms with van der Waals surface area (Å²) in [6.07, 6.45) is -2.04. The first-order valence-electron chi connectivity index (χ1n) is 9.42. The third-order valence-corrected chi connectivity index (χ3v) is 5.30. The van der Waals surface area contributed by atoms with Crippen molar-refractivity contribution < 1.29 is 18.3 Å². The van der Waals surface area contributed by atoms with E-state index >= 15 is 0 Å². The van der Waals surface area contributed by atoms with Crippen molar-refractivity contribution in [1.29, 1.82) is 0 Å². The number of pyridine rings is 1. The monoisotopic (exact) mass is 386 g/mol. The van der Waals surface area contributed by atoms with Gasteiger partial charge in [-0.2, -0.15) is 13.2 Å². The van der Waals surface area contributed by atoms with Crippen molar-refractivity contribution in [2.24, 2.45) is 0 Å². The standard InChI is InChI=1S/C22H21F3N2O/c23-22(24,25)15-10-8-14(9-11-15)20-13-17(16-5-1-2-6-18(16)27-20)21(28)19-7-3-4-12-26-19/h1-2,5-6,8-11,13,19,21,26,28H,3-4,7,12H2/t19-,21+/m1/s1. The van der Waals surface area contributed by atoms with Gasteiger partial charge >= 0.3 is 6.18 Å². The van der Waals surface area contributed by atoms with Crippen LogP contribution in [0.15, 0.2) is 54.6 Å². The molecule has 0 aliphatic carbocycles. The van der Waals surface area contributed by atoms with E-state index in [0.717, 1.165) is 48.9 Å². The van der Waals surface area contributed by atoms with Gasteiger partial charge < -0.3 is 10.4 Å². The van der Waals surface area contributed by atoms with Gasteiger partial charge in [0.25, 0.3) is 0 Å². The number of hydrogen-bond acceptors (Lipinski definition) is 3. The summed E-state index contributed by atoms with van der Waals surface area (Å²) in [5.74, 6) is 0. The summed E-state index contributed by atoms with van der Waals surface area (Å²) in [5.41, 5.74) is 1.91. The van der Waals surface area contributed by atoms with Gasteiger partial charge in [0.05, 0.1) is 22.9 Å². The van der Waals surface area contributed by atoms with Crippen LogP contribution in [-0.4, -0.2) is 22.7 Å². The molecule has 6 heteroatoms. The Bertz CT molecular complexity index is 964. The number of alkyl halides is 3. The Balaban J connectivity index is 1.77. The molecule has 1 aliphatic heterocycles. The lowest BCUT2D eigenvalue weighted by Crippen LogP contribution is -2.38. The SMILES string of the molecule is O[C@@H](c1cc(-c2ccc(C(F)(F)F)cc2)nc2ccccc12)[C@H]1CCCCN1. The number of piperidine rings is 1. The van der Waals surface area contributed by atoms with E-state index < -0.39 is 17.8 Å². The molecule has 146 valence electrons. The number of rotatable bonds is 3. The minimum Gasteiger partial charge on any atom is -0.387 e. The van der Waals surface area contributed by atoms with Crippen LogP contribution >= 0.6 is 0 Å². The van der Waals surface area contributed by atoms with E-state index in [2.05, 4.69) is 10.3 Å². The number of aliphatic hydroxyl groups excluding tert-OH is 1. The molecule has 2 heterocycles. The molecular weight excluding hydrogens is 365 g/mol. The third-order valence-electron chi connectivity index (χ3n) is 5.30. The quantitative estimate of drug-likeness (QED) is 0.659. The molecule has 0 bridgehead atoms. The summed E-state index contributed by atoms with van der Waals surface area (Å²) < 4.78 is 38.6. The van der Waals surface area contributed by atoms with E-state index in [1.165, 1.54) is 12.1 Å². The lowest BCUT2D eigenvalue weighted by Gasteiger charge is -2.29. The molecule has 3 nitrogen and oxygen atoms in total. The van der Waals surface area contributed by atoms with Crippen LogP contribution in [0.25, 0.3) is 22.2 Å². The van der Waals surface area contributed by atoms with E-state index in [9.17, 15) is 18.3 Å². The van der Waals surface area contributed by atoms with E-state index in [1.54, 1.807) is 6.07 Å². The van der Waals surface area contributed by atoms with Crippen molar-refractivity contribution in [3.63, 3.8) is 0 Å². The van der Waals surface area contributed by atoms with Crippen LogP contribution in [0.1, 0.15) is 36.5 Å². The first-order valence-corrected chi connectivity index (χ1v) is 9.42. The normalized spacial score (nSPS) is 18.9. The number of aromatic nitrogens is 1. The molecule has 0 unspecified atom stereocenters. The van der Waals surface area contributed by atoms with Gasteiger partial charge in [-0.25, -0.2) is 4.98 Å². The molecule has 2 N–H and O–H groups in total. The zero-order chi connectivity index (χ0) is 19.7. The molecule has 1 aromatic heterocycles. The number of nitrogens with one attached hydrogen (secondary N) is 1. The minimum atomic E-state index is -4.37. The Morgan fingerprint density at radius 2 is 1.79 bits per heavy atom. The van der Waals surface area contributed by atoms with E-state index in [4.69, 9.17) is 0 Å². The van der Waals surface area contributed by atoms with Crippen molar-refractivity contribution in [2.75, 3.05) is 6.54 Å². The highest BCUT2D eigenvalue weighted by Crippen LogP contribution is 2.34. The zero-order valence-corrected chi connectivity index (χ0v) is 15.2. The second kappa shape index (κ2) is 7.53. The molecule has 0 spiro atoms. The number of aliphatic hydroxyl groups is 1. The molecule has 2 atom stereocenters. The van der Waals surface area contributed by atoms with Gasteiger partial charge in [0.2, 0.25) is 0 Å². The van der Waals surface area contributed by atoms with Crippen LogP contribution in [0.3, 0.4) is 0 Å². The summed E-state index contributed by atoms with van der Waals surface area (Å²) in [6.45, 7) is 0.872. The van der Waals surface area contributed by atoms with E-state index in [1.807, 2.05) is 24.3 Å². The highest BCUT2D eigenvalue weighted by molar-refractivity contribution is 5.85. The maximum Gasteiger partial charge on any atom is 0.416 e. The highest BCUT2D eigenvalue weighted by atomic mass is 19.4. The molecule has 0 radical (unpaired) electrons. The first kappa shape index (κ1) is 18.9. The predicted molar refractivity (Wildman–Crippen MR) is 103 cm³/mol. The summed E-state index contributed by atoms with van der Waals surface area (Å²) in [5, 5.41) is 15.3. The molecule has 28 heavy (non-hydrogen) atoms. The van der Waals surface area contributed by atoms with Crippen molar-refractivity contribution >= 4 is 10.9 Å². The van der Waals surface area contributed by atoms with Crippen molar-refractivity contribution in [3.8, 4) is 11.3 Å². The molecule has 1 fully saturated rings. The van der Waals surface area contributed by atoms with Gasteiger partial charge in [-0.15, -0.1) is 0 Å². The third kappa shape index (κ3) is 3.75. The van der Waals surface area contributed by atoms with Crippen LogP contribution in [0.5, 0.6) is 0 Å². The van der Waals surface area contributed by atoms with Crippen LogP contribution in [-0.2, 0) is 6.18 Å². The molecule has 0 amide bonds. The fraction of sp³-hybridized carbons (Fsp3) is 0.318. The number of nitrogens with zero attached hydrogens (tertiary/aromatic N) is 1. The van der Waals surface area contributed by atoms with Crippen LogP contribution < -0.4 is 5.32 Å². The van der Waals surface area contributed by atoms with Crippen LogP contribution in [0.2, 0.25) is 0 Å². The van der Waals surface area contributed by atoms with Crippen LogP contribution in [0.4, 0.5) is 13.2 Å². The number of hydrogen-bond donors (Lipinski definition) is 2. The van der Waals surface area contributed by atoms with Crippen molar-refractivity contribution in [3.05, 3.63) is 65.7 Å². The average molecular weight is 386 g/mol. The highest BCUT2D eigenvalue weighted by Gasteiger charge is 2.30. The van der Waals surface area contributed by atoms with E-state index in [0.29, 0.717) is 16.8 Å². The van der Waals surface area contributed by atoms with Crippen molar-refractivity contribution in [1.82, 2.24) is 10.3 Å². The van der Waals surface area contributed by atoms with Gasteiger partial charge in [-0.1, -0.05) is 36.8 Å². The second-order valence-electron chi connectivity index (χ2n) is 7.19. The first-order chi connectivity index (χ1) is 13.4. The molecule has 2 aromatic carbocycles. The Labute approximate surface area is 161 Å². The Morgan fingerprint density at radius 1 is 1.04 bits per heavy atom. The molecule has 3 aromatic rings. The topological polar surface area (TPSA) is 45.2 Å². The summed E-state index contributed by atoms with van der Waals surface area (Å²) in [6, 6.07) is 14.3. The second-order valence-corrected chi connectivity index (χ2v) is 7.19. The van der Waals surface area contributed by atoms with Gasteiger partial charge in [0.1, 0.15) is 0 Å². The predicted octanol–water partition coefficient (Wildman–Crippen LogP) is 5.10. The van der Waals surface area contributed by atoms with Gasteiger partial charge in [-0.05, 0) is 49.2 Å². The number of para-hydroxylation sites is 1. The Morgan fingerprint density at radius 3 is 2.46 bits per heavy atom. The molecule has 1 aliphatic rings. The number of benzene rings is 2. The zero-order valence-electron chi connectivity index (χ0n) is 15.2. The fourth-order valence-electron chi connectivity index (χ4n) is 3.79. The maximum absolute atomic E-state index is 12.9. The van der Waals surface area contributed by atoms with Gasteiger partial charge in [0, 0.05) is 17.0 Å². The molecule has 4 rings (SSSR count). The lowest BCUT2D eigenvalue weighted by molar-refractivity contribution is -0.137. The fourth-order valence-corrected chi connectivity index (χ4v) is 3.79.